The molecule has 2 N–H and O–H groups in total. The molecule has 2 aliphatic rings. The van der Waals surface area contributed by atoms with E-state index < -0.39 is 5.97 Å². The van der Waals surface area contributed by atoms with Gasteiger partial charge >= 0.3 is 5.97 Å². The maximum absolute atomic E-state index is 12.6. The van der Waals surface area contributed by atoms with Crippen LogP contribution < -0.4 is 10.2 Å². The number of amides is 1. The SMILES string of the molecule is CCN1CCN(c2ccc(NC3=C(C(=O)OC)CN(CCO)C3=O)cc2Cl)CC1. The molecule has 158 valence electrons. The zero-order valence-electron chi connectivity index (χ0n) is 16.8. The van der Waals surface area contributed by atoms with E-state index in [1.165, 1.54) is 12.0 Å². The van der Waals surface area contributed by atoms with Gasteiger partial charge in [-0.05, 0) is 24.7 Å². The predicted octanol–water partition coefficient (Wildman–Crippen LogP) is 1.16. The summed E-state index contributed by atoms with van der Waals surface area (Å²) in [5.41, 5.74) is 1.96. The van der Waals surface area contributed by atoms with Crippen molar-refractivity contribution in [3.8, 4) is 0 Å². The highest BCUT2D eigenvalue weighted by Crippen LogP contribution is 2.31. The number of piperazine rings is 1. The van der Waals surface area contributed by atoms with Gasteiger partial charge in [0.05, 0.1) is 36.5 Å². The van der Waals surface area contributed by atoms with Crippen LogP contribution in [0.1, 0.15) is 6.92 Å². The summed E-state index contributed by atoms with van der Waals surface area (Å²) in [5.74, 6) is -0.923. The summed E-state index contributed by atoms with van der Waals surface area (Å²) >= 11 is 6.53. The number of rotatable bonds is 7. The van der Waals surface area contributed by atoms with Gasteiger partial charge in [0.15, 0.2) is 0 Å². The Balaban J connectivity index is 1.77. The highest BCUT2D eigenvalue weighted by molar-refractivity contribution is 6.33. The van der Waals surface area contributed by atoms with Crippen molar-refractivity contribution in [3.05, 3.63) is 34.5 Å². The molecule has 0 aliphatic carbocycles. The van der Waals surface area contributed by atoms with Gasteiger partial charge in [-0.1, -0.05) is 18.5 Å². The lowest BCUT2D eigenvalue weighted by atomic mass is 10.2. The van der Waals surface area contributed by atoms with Crippen LogP contribution in [0.15, 0.2) is 29.5 Å². The van der Waals surface area contributed by atoms with Crippen LogP contribution in [-0.4, -0.2) is 86.3 Å². The average Bonchev–Trinajstić information content (AvgIpc) is 3.03. The number of methoxy groups -OCH3 is 1. The predicted molar refractivity (Wildman–Crippen MR) is 112 cm³/mol. The molecule has 0 bridgehead atoms. The highest BCUT2D eigenvalue weighted by atomic mass is 35.5. The smallest absolute Gasteiger partial charge is 0.337 e. The Bertz CT molecular complexity index is 806. The first-order valence-electron chi connectivity index (χ1n) is 9.74. The van der Waals surface area contributed by atoms with Crippen molar-refractivity contribution >= 4 is 34.9 Å². The Morgan fingerprint density at radius 2 is 2.00 bits per heavy atom. The normalized spacial score (nSPS) is 17.9. The molecule has 0 unspecified atom stereocenters. The Labute approximate surface area is 175 Å². The van der Waals surface area contributed by atoms with E-state index in [-0.39, 0.29) is 36.9 Å². The van der Waals surface area contributed by atoms with Crippen LogP contribution in [0.25, 0.3) is 0 Å². The van der Waals surface area contributed by atoms with Crippen LogP contribution in [0, 0.1) is 0 Å². The fraction of sp³-hybridized carbons (Fsp3) is 0.500. The molecule has 0 atom stereocenters. The van der Waals surface area contributed by atoms with Gasteiger partial charge in [-0.25, -0.2) is 4.79 Å². The van der Waals surface area contributed by atoms with Crippen LogP contribution in [0.5, 0.6) is 0 Å². The molecule has 1 amide bonds. The van der Waals surface area contributed by atoms with Gasteiger partial charge in [-0.15, -0.1) is 0 Å². The van der Waals surface area contributed by atoms with Crippen LogP contribution in [0.2, 0.25) is 5.02 Å². The van der Waals surface area contributed by atoms with Gasteiger partial charge in [-0.2, -0.15) is 0 Å². The van der Waals surface area contributed by atoms with E-state index in [2.05, 4.69) is 22.0 Å². The Hall–Kier alpha value is -2.29. The maximum atomic E-state index is 12.6. The van der Waals surface area contributed by atoms with Crippen molar-refractivity contribution in [3.63, 3.8) is 0 Å². The average molecular weight is 423 g/mol. The molecule has 1 saturated heterocycles. The number of esters is 1. The minimum absolute atomic E-state index is 0.0991. The van der Waals surface area contributed by atoms with E-state index in [1.807, 2.05) is 12.1 Å². The molecule has 29 heavy (non-hydrogen) atoms. The fourth-order valence-corrected chi connectivity index (χ4v) is 3.94. The molecule has 1 aromatic carbocycles. The first kappa shape index (κ1) is 21.4. The van der Waals surface area contributed by atoms with E-state index >= 15 is 0 Å². The number of carbonyl (C=O) groups is 2. The van der Waals surface area contributed by atoms with E-state index in [0.29, 0.717) is 10.7 Å². The number of aliphatic hydroxyl groups excluding tert-OH is 1. The van der Waals surface area contributed by atoms with Gasteiger partial charge in [-0.3, -0.25) is 4.79 Å². The lowest BCUT2D eigenvalue weighted by Gasteiger charge is -2.36. The molecule has 1 aromatic rings. The molecule has 2 aliphatic heterocycles. The van der Waals surface area contributed by atoms with Gasteiger partial charge in [0, 0.05) is 38.4 Å². The standard InChI is InChI=1S/C20H27ClN4O4/c1-3-23-6-8-24(9-7-23)17-5-4-14(12-16(17)21)22-18-15(20(28)29-2)13-25(10-11-26)19(18)27/h4-5,12,22,26H,3,6-11,13H2,1-2H3. The third-order valence-electron chi connectivity index (χ3n) is 5.33. The second-order valence-electron chi connectivity index (χ2n) is 7.01. The Morgan fingerprint density at radius 1 is 1.28 bits per heavy atom. The molecular formula is C20H27ClN4O4. The summed E-state index contributed by atoms with van der Waals surface area (Å²) in [5, 5.41) is 12.8. The molecule has 0 aromatic heterocycles. The van der Waals surface area contributed by atoms with Gasteiger partial charge in [0.1, 0.15) is 5.70 Å². The summed E-state index contributed by atoms with van der Waals surface area (Å²) in [6.07, 6.45) is 0. The monoisotopic (exact) mass is 422 g/mol. The number of aliphatic hydroxyl groups is 1. The number of halogens is 1. The largest absolute Gasteiger partial charge is 0.466 e. The zero-order chi connectivity index (χ0) is 21.0. The molecule has 1 fully saturated rings. The number of nitrogens with one attached hydrogen (secondary N) is 1. The number of nitrogens with zero attached hydrogens (tertiary/aromatic N) is 3. The molecule has 0 radical (unpaired) electrons. The summed E-state index contributed by atoms with van der Waals surface area (Å²) < 4.78 is 4.80. The maximum Gasteiger partial charge on any atom is 0.337 e. The van der Waals surface area contributed by atoms with Crippen LogP contribution in [0.3, 0.4) is 0 Å². The molecule has 3 rings (SSSR count). The van der Waals surface area contributed by atoms with Crippen molar-refractivity contribution < 1.29 is 19.4 Å². The third-order valence-corrected chi connectivity index (χ3v) is 5.63. The van der Waals surface area contributed by atoms with Crippen molar-refractivity contribution in [2.75, 3.05) is 69.7 Å². The van der Waals surface area contributed by atoms with E-state index in [1.54, 1.807) is 6.07 Å². The van der Waals surface area contributed by atoms with Crippen LogP contribution >= 0.6 is 11.6 Å². The Morgan fingerprint density at radius 3 is 2.59 bits per heavy atom. The Kier molecular flexibility index (Phi) is 7.00. The molecule has 9 heteroatoms. The molecule has 8 nitrogen and oxygen atoms in total. The third kappa shape index (κ3) is 4.66. The molecular weight excluding hydrogens is 396 g/mol. The minimum Gasteiger partial charge on any atom is -0.466 e. The number of carbonyl (C=O) groups excluding carboxylic acids is 2. The van der Waals surface area contributed by atoms with Gasteiger partial charge < -0.3 is 29.9 Å². The molecule has 0 saturated carbocycles. The first-order chi connectivity index (χ1) is 14.0. The van der Waals surface area contributed by atoms with E-state index in [0.717, 1.165) is 38.4 Å². The van der Waals surface area contributed by atoms with E-state index in [4.69, 9.17) is 21.4 Å². The summed E-state index contributed by atoms with van der Waals surface area (Å²) in [6, 6.07) is 5.53. The number of β-amino-alcohol motifs (C(OH)–C–C–N with tert-alkyl or cyclic N) is 1. The van der Waals surface area contributed by atoms with Crippen molar-refractivity contribution in [1.29, 1.82) is 0 Å². The number of benzene rings is 1. The second kappa shape index (κ2) is 9.47. The molecule has 0 spiro atoms. The fourth-order valence-electron chi connectivity index (χ4n) is 3.64. The van der Waals surface area contributed by atoms with Crippen molar-refractivity contribution in [1.82, 2.24) is 9.80 Å². The topological polar surface area (TPSA) is 85.3 Å². The number of likely N-dealkylation sites (N-methyl/N-ethyl adjacent to an activating group) is 1. The van der Waals surface area contributed by atoms with Crippen molar-refractivity contribution in [2.24, 2.45) is 0 Å². The van der Waals surface area contributed by atoms with Crippen LogP contribution in [0.4, 0.5) is 11.4 Å². The summed E-state index contributed by atoms with van der Waals surface area (Å²) in [7, 11) is 1.27. The highest BCUT2D eigenvalue weighted by Gasteiger charge is 2.34. The number of anilines is 2. The lowest BCUT2D eigenvalue weighted by molar-refractivity contribution is -0.136. The zero-order valence-corrected chi connectivity index (χ0v) is 17.5. The van der Waals surface area contributed by atoms with Gasteiger partial charge in [0.25, 0.3) is 5.91 Å². The van der Waals surface area contributed by atoms with Crippen LogP contribution in [-0.2, 0) is 14.3 Å². The second-order valence-corrected chi connectivity index (χ2v) is 7.42. The minimum atomic E-state index is -0.571. The lowest BCUT2D eigenvalue weighted by Crippen LogP contribution is -2.46. The number of hydrogen-bond acceptors (Lipinski definition) is 7. The first-order valence-corrected chi connectivity index (χ1v) is 10.1. The summed E-state index contributed by atoms with van der Waals surface area (Å²) in [6.45, 7) is 7.08. The van der Waals surface area contributed by atoms with Gasteiger partial charge in [0.2, 0.25) is 0 Å². The van der Waals surface area contributed by atoms with E-state index in [9.17, 15) is 9.59 Å². The molecule has 2 heterocycles. The van der Waals surface area contributed by atoms with Crippen molar-refractivity contribution in [2.45, 2.75) is 6.92 Å². The number of hydrogen-bond donors (Lipinski definition) is 2. The quantitative estimate of drug-likeness (QED) is 0.637. The number of ether oxygens (including phenoxy) is 1. The summed E-state index contributed by atoms with van der Waals surface area (Å²) in [4.78, 5) is 30.8.